The van der Waals surface area contributed by atoms with Gasteiger partial charge in [-0.15, -0.1) is 11.8 Å². The Morgan fingerprint density at radius 3 is 2.94 bits per heavy atom. The number of carbonyl (C=O) groups is 1. The minimum Gasteiger partial charge on any atom is -0.391 e. The Labute approximate surface area is 205 Å². The number of rotatable bonds is 6. The molecule has 7 nitrogen and oxygen atoms in total. The van der Waals surface area contributed by atoms with Gasteiger partial charge in [0.05, 0.1) is 22.4 Å². The van der Waals surface area contributed by atoms with Crippen LogP contribution in [0.25, 0.3) is 10.9 Å². The fourth-order valence-electron chi connectivity index (χ4n) is 4.60. The number of nitrogens with zero attached hydrogens (tertiary/aromatic N) is 2. The van der Waals surface area contributed by atoms with Crippen LogP contribution in [0, 0.1) is 17.6 Å². The van der Waals surface area contributed by atoms with E-state index >= 15 is 0 Å². The first-order valence-corrected chi connectivity index (χ1v) is 12.4. The number of aliphatic hydroxyl groups is 1. The Bertz CT molecular complexity index is 1300. The molecule has 2 aliphatic rings. The topological polar surface area (TPSA) is 99.2 Å². The Kier molecular flexibility index (Phi) is 6.68. The van der Waals surface area contributed by atoms with Crippen molar-refractivity contribution < 1.29 is 18.7 Å². The molecule has 10 heteroatoms. The summed E-state index contributed by atoms with van der Waals surface area (Å²) < 4.78 is 27.9. The summed E-state index contributed by atoms with van der Waals surface area (Å²) >= 11 is 1.47. The third kappa shape index (κ3) is 5.14. The Morgan fingerprint density at radius 1 is 1.26 bits per heavy atom. The average molecular weight is 498 g/mol. The zero-order valence-corrected chi connectivity index (χ0v) is 19.7. The van der Waals surface area contributed by atoms with Gasteiger partial charge in [-0.05, 0) is 43.5 Å². The van der Waals surface area contributed by atoms with Crippen LogP contribution in [0.4, 0.5) is 20.3 Å². The lowest BCUT2D eigenvalue weighted by molar-refractivity contribution is -0.113. The number of carbonyl (C=O) groups excluding carboxylic acids is 1. The third-order valence-corrected chi connectivity index (χ3v) is 7.49. The fourth-order valence-corrected chi connectivity index (χ4v) is 5.36. The number of nitrogens with one attached hydrogen (secondary N) is 3. The number of fused-ring (bicyclic) bond motifs is 2. The van der Waals surface area contributed by atoms with Crippen molar-refractivity contribution in [1.82, 2.24) is 15.3 Å². The predicted octanol–water partition coefficient (Wildman–Crippen LogP) is 4.20. The molecule has 3 heterocycles. The summed E-state index contributed by atoms with van der Waals surface area (Å²) in [6.45, 7) is 4.60. The number of thioether (sulfide) groups is 1. The van der Waals surface area contributed by atoms with Gasteiger partial charge in [0, 0.05) is 47.5 Å². The summed E-state index contributed by atoms with van der Waals surface area (Å²) in [7, 11) is 0. The molecule has 1 saturated carbocycles. The zero-order valence-electron chi connectivity index (χ0n) is 18.9. The molecule has 0 unspecified atom stereocenters. The maximum Gasteiger partial charge on any atom is 0.235 e. The minimum absolute atomic E-state index is 0.00113. The molecule has 4 N–H and O–H groups in total. The van der Waals surface area contributed by atoms with Crippen molar-refractivity contribution in [2.75, 3.05) is 16.4 Å². The van der Waals surface area contributed by atoms with Crippen molar-refractivity contribution in [3.8, 4) is 0 Å². The summed E-state index contributed by atoms with van der Waals surface area (Å²) in [4.78, 5) is 21.1. The highest BCUT2D eigenvalue weighted by Crippen LogP contribution is 2.33. The van der Waals surface area contributed by atoms with Gasteiger partial charge in [-0.3, -0.25) is 9.78 Å². The molecule has 3 atom stereocenters. The number of amides is 1. The molecule has 0 bridgehead atoms. The number of aromatic nitrogens is 2. The molecule has 3 aromatic rings. The van der Waals surface area contributed by atoms with E-state index in [1.54, 1.807) is 6.07 Å². The van der Waals surface area contributed by atoms with Gasteiger partial charge in [0.2, 0.25) is 5.91 Å². The maximum absolute atomic E-state index is 14.1. The first kappa shape index (κ1) is 23.7. The van der Waals surface area contributed by atoms with Crippen LogP contribution in [0.2, 0.25) is 0 Å². The molecule has 1 aliphatic heterocycles. The number of anilines is 2. The molecular formula is C25H25F2N5O2S. The van der Waals surface area contributed by atoms with Crippen molar-refractivity contribution >= 4 is 40.1 Å². The number of hydrogen-bond acceptors (Lipinski definition) is 7. The zero-order chi connectivity index (χ0) is 24.5. The smallest absolute Gasteiger partial charge is 0.235 e. The number of halogens is 2. The highest BCUT2D eigenvalue weighted by atomic mass is 32.2. The first-order valence-electron chi connectivity index (χ1n) is 11.4. The molecule has 182 valence electrons. The standard InChI is InChI=1S/C25H25F2N5O2S/c1-13(30-19-6-7-28-24-17(19)9-15(26)10-18(24)27)14-2-4-20(21(33)8-14)29-11-16-3-5-22-25(31-16)32-23(34)12-35-22/h3,5-7,9-10,14,20-21,29,33H,1-2,4,8,11-12H2,(H,28,30)(H,31,32,34)/t14-,20-,21-/m1/s1. The van der Waals surface area contributed by atoms with Crippen LogP contribution in [-0.4, -0.2) is 38.9 Å². The Balaban J connectivity index is 1.19. The summed E-state index contributed by atoms with van der Waals surface area (Å²) in [5.74, 6) is -0.469. The van der Waals surface area contributed by atoms with E-state index in [1.165, 1.54) is 24.0 Å². The van der Waals surface area contributed by atoms with Crippen LogP contribution in [0.5, 0.6) is 0 Å². The molecule has 1 amide bonds. The highest BCUT2D eigenvalue weighted by molar-refractivity contribution is 8.00. The molecular weight excluding hydrogens is 472 g/mol. The van der Waals surface area contributed by atoms with E-state index in [9.17, 15) is 18.7 Å². The monoisotopic (exact) mass is 497 g/mol. The molecule has 1 aromatic carbocycles. The van der Waals surface area contributed by atoms with Gasteiger partial charge < -0.3 is 21.1 Å². The van der Waals surface area contributed by atoms with Crippen LogP contribution in [0.3, 0.4) is 0 Å². The predicted molar refractivity (Wildman–Crippen MR) is 132 cm³/mol. The van der Waals surface area contributed by atoms with Crippen molar-refractivity contribution in [3.05, 3.63) is 66.1 Å². The van der Waals surface area contributed by atoms with Gasteiger partial charge in [0.15, 0.2) is 5.82 Å². The molecule has 0 spiro atoms. The number of aliphatic hydroxyl groups excluding tert-OH is 1. The van der Waals surface area contributed by atoms with Crippen molar-refractivity contribution in [2.45, 2.75) is 42.8 Å². The summed E-state index contributed by atoms with van der Waals surface area (Å²) in [5.41, 5.74) is 2.09. The largest absolute Gasteiger partial charge is 0.391 e. The van der Waals surface area contributed by atoms with Crippen LogP contribution >= 0.6 is 11.8 Å². The van der Waals surface area contributed by atoms with E-state index in [2.05, 4.69) is 32.5 Å². The van der Waals surface area contributed by atoms with Gasteiger partial charge in [0.1, 0.15) is 17.2 Å². The quantitative estimate of drug-likeness (QED) is 0.405. The lowest BCUT2D eigenvalue weighted by Gasteiger charge is -2.35. The fraction of sp³-hybridized carbons (Fsp3) is 0.320. The highest BCUT2D eigenvalue weighted by Gasteiger charge is 2.30. The minimum atomic E-state index is -0.717. The average Bonchev–Trinajstić information content (AvgIpc) is 2.83. The molecule has 35 heavy (non-hydrogen) atoms. The summed E-state index contributed by atoms with van der Waals surface area (Å²) in [5, 5.41) is 20.5. The second-order valence-electron chi connectivity index (χ2n) is 8.84. The molecule has 1 aliphatic carbocycles. The van der Waals surface area contributed by atoms with E-state index in [4.69, 9.17) is 0 Å². The SMILES string of the molecule is C=C(Nc1ccnc2c(F)cc(F)cc12)[C@@H]1CC[C@@H](NCc2ccc3c(n2)NC(=O)CS3)[C@H](O)C1. The lowest BCUT2D eigenvalue weighted by Crippen LogP contribution is -2.44. The van der Waals surface area contributed by atoms with E-state index < -0.39 is 17.7 Å². The van der Waals surface area contributed by atoms with Crippen LogP contribution in [0.15, 0.2) is 53.7 Å². The van der Waals surface area contributed by atoms with Gasteiger partial charge >= 0.3 is 0 Å². The number of allylic oxidation sites excluding steroid dienone is 1. The Hall–Kier alpha value is -3.08. The van der Waals surface area contributed by atoms with Gasteiger partial charge in [-0.25, -0.2) is 13.8 Å². The van der Waals surface area contributed by atoms with E-state index in [1.807, 2.05) is 12.1 Å². The third-order valence-electron chi connectivity index (χ3n) is 6.45. The molecule has 1 fully saturated rings. The van der Waals surface area contributed by atoms with Crippen molar-refractivity contribution in [1.29, 1.82) is 0 Å². The van der Waals surface area contributed by atoms with Gasteiger partial charge in [-0.2, -0.15) is 0 Å². The van der Waals surface area contributed by atoms with E-state index in [0.717, 1.165) is 29.5 Å². The van der Waals surface area contributed by atoms with Crippen molar-refractivity contribution in [2.24, 2.45) is 5.92 Å². The number of benzene rings is 1. The molecule has 2 aromatic heterocycles. The molecule has 0 radical (unpaired) electrons. The first-order chi connectivity index (χ1) is 16.9. The number of pyridine rings is 2. The summed E-state index contributed by atoms with van der Waals surface area (Å²) in [6.07, 6.45) is 2.89. The Morgan fingerprint density at radius 2 is 2.11 bits per heavy atom. The second kappa shape index (κ2) is 9.88. The molecule has 0 saturated heterocycles. The second-order valence-corrected chi connectivity index (χ2v) is 9.86. The van der Waals surface area contributed by atoms with Crippen LogP contribution < -0.4 is 16.0 Å². The van der Waals surface area contributed by atoms with Gasteiger partial charge in [0.25, 0.3) is 0 Å². The van der Waals surface area contributed by atoms with Crippen molar-refractivity contribution in [3.63, 3.8) is 0 Å². The van der Waals surface area contributed by atoms with Crippen LogP contribution in [-0.2, 0) is 11.3 Å². The van der Waals surface area contributed by atoms with Gasteiger partial charge in [-0.1, -0.05) is 6.58 Å². The summed E-state index contributed by atoms with van der Waals surface area (Å²) in [6, 6.07) is 7.48. The van der Waals surface area contributed by atoms with E-state index in [0.29, 0.717) is 41.3 Å². The number of hydrogen-bond donors (Lipinski definition) is 4. The normalized spacial score (nSPS) is 21.9. The van der Waals surface area contributed by atoms with Crippen LogP contribution in [0.1, 0.15) is 25.0 Å². The maximum atomic E-state index is 14.1. The lowest BCUT2D eigenvalue weighted by atomic mass is 9.82. The molecule has 5 rings (SSSR count). The van der Waals surface area contributed by atoms with E-state index in [-0.39, 0.29) is 23.4 Å².